The van der Waals surface area contributed by atoms with Gasteiger partial charge in [0.15, 0.2) is 0 Å². The van der Waals surface area contributed by atoms with Crippen LogP contribution >= 0.6 is 23.2 Å². The number of rotatable bonds is 4. The van der Waals surface area contributed by atoms with Crippen LogP contribution in [-0.2, 0) is 22.4 Å². The highest BCUT2D eigenvalue weighted by atomic mass is 35.5. The SMILES string of the molecule is Cc1ccc(CC(=O)Cl)cc1.O=C(Cl)Cc1ccccc1. The molecule has 0 aromatic heterocycles. The maximum absolute atomic E-state index is 10.5. The summed E-state index contributed by atoms with van der Waals surface area (Å²) in [6.07, 6.45) is 0.643. The van der Waals surface area contributed by atoms with Crippen molar-refractivity contribution in [3.8, 4) is 0 Å². The fourth-order valence-corrected chi connectivity index (χ4v) is 1.93. The summed E-state index contributed by atoms with van der Waals surface area (Å²) in [5.41, 5.74) is 3.12. The van der Waals surface area contributed by atoms with Gasteiger partial charge in [0.25, 0.3) is 0 Å². The molecule has 21 heavy (non-hydrogen) atoms. The van der Waals surface area contributed by atoms with Crippen LogP contribution in [0, 0.1) is 6.92 Å². The van der Waals surface area contributed by atoms with Gasteiger partial charge in [0.1, 0.15) is 0 Å². The molecule has 0 amide bonds. The van der Waals surface area contributed by atoms with E-state index in [4.69, 9.17) is 23.2 Å². The molecule has 0 aliphatic carbocycles. The van der Waals surface area contributed by atoms with Gasteiger partial charge in [-0.15, -0.1) is 0 Å². The molecule has 2 aromatic carbocycles. The van der Waals surface area contributed by atoms with E-state index in [2.05, 4.69) is 0 Å². The molecule has 0 unspecified atom stereocenters. The minimum Gasteiger partial charge on any atom is -0.281 e. The Morgan fingerprint density at radius 3 is 1.62 bits per heavy atom. The molecule has 0 atom stereocenters. The van der Waals surface area contributed by atoms with Gasteiger partial charge in [-0.1, -0.05) is 60.2 Å². The molecule has 4 heteroatoms. The van der Waals surface area contributed by atoms with Crippen LogP contribution in [0.3, 0.4) is 0 Å². The molecule has 2 aromatic rings. The van der Waals surface area contributed by atoms with Gasteiger partial charge in [0.2, 0.25) is 10.5 Å². The zero-order valence-corrected chi connectivity index (χ0v) is 13.2. The molecule has 0 N–H and O–H groups in total. The largest absolute Gasteiger partial charge is 0.281 e. The third-order valence-electron chi connectivity index (χ3n) is 2.65. The molecule has 0 fully saturated rings. The average Bonchev–Trinajstić information content (AvgIpc) is 2.42. The van der Waals surface area contributed by atoms with Crippen molar-refractivity contribution in [3.05, 3.63) is 71.3 Å². The lowest BCUT2D eigenvalue weighted by Gasteiger charge is -1.95. The van der Waals surface area contributed by atoms with Crippen molar-refractivity contribution >= 4 is 33.7 Å². The summed E-state index contributed by atoms with van der Waals surface area (Å²) in [6, 6.07) is 17.2. The molecule has 0 spiro atoms. The van der Waals surface area contributed by atoms with Crippen molar-refractivity contribution < 1.29 is 9.59 Å². The predicted octanol–water partition coefficient (Wildman–Crippen LogP) is 4.30. The van der Waals surface area contributed by atoms with E-state index in [1.165, 1.54) is 5.56 Å². The zero-order chi connectivity index (χ0) is 15.7. The highest BCUT2D eigenvalue weighted by molar-refractivity contribution is 6.64. The van der Waals surface area contributed by atoms with Crippen molar-refractivity contribution in [2.24, 2.45) is 0 Å². The van der Waals surface area contributed by atoms with Gasteiger partial charge in [-0.3, -0.25) is 9.59 Å². The fourth-order valence-electron chi connectivity index (χ4n) is 1.62. The Hall–Kier alpha value is -1.64. The Bertz CT molecular complexity index is 577. The molecule has 110 valence electrons. The molecular formula is C17H16Cl2O2. The highest BCUT2D eigenvalue weighted by Gasteiger charge is 1.97. The lowest BCUT2D eigenvalue weighted by molar-refractivity contribution is -0.111. The summed E-state index contributed by atoms with van der Waals surface area (Å²) >= 11 is 10.4. The Labute approximate surface area is 134 Å². The molecule has 0 aliphatic rings. The maximum Gasteiger partial charge on any atom is 0.226 e. The first-order valence-corrected chi connectivity index (χ1v) is 7.19. The predicted molar refractivity (Wildman–Crippen MR) is 86.7 cm³/mol. The number of carbonyl (C=O) groups excluding carboxylic acids is 2. The summed E-state index contributed by atoms with van der Waals surface area (Å²) in [6.45, 7) is 2.01. The van der Waals surface area contributed by atoms with Crippen molar-refractivity contribution in [2.75, 3.05) is 0 Å². The van der Waals surface area contributed by atoms with Crippen molar-refractivity contribution in [3.63, 3.8) is 0 Å². The lowest BCUT2D eigenvalue weighted by Crippen LogP contribution is -1.92. The van der Waals surface area contributed by atoms with Crippen molar-refractivity contribution in [1.29, 1.82) is 0 Å². The normalized spacial score (nSPS) is 9.48. The lowest BCUT2D eigenvalue weighted by atomic mass is 10.1. The third kappa shape index (κ3) is 8.28. The van der Waals surface area contributed by atoms with Gasteiger partial charge >= 0.3 is 0 Å². The fraction of sp³-hybridized carbons (Fsp3) is 0.176. The third-order valence-corrected chi connectivity index (χ3v) is 2.92. The molecule has 0 heterocycles. The Kier molecular flexibility index (Phi) is 7.73. The van der Waals surface area contributed by atoms with E-state index in [0.29, 0.717) is 12.8 Å². The number of hydrogen-bond donors (Lipinski definition) is 0. The maximum atomic E-state index is 10.5. The Morgan fingerprint density at radius 1 is 0.762 bits per heavy atom. The van der Waals surface area contributed by atoms with Crippen LogP contribution in [0.1, 0.15) is 16.7 Å². The van der Waals surface area contributed by atoms with Gasteiger partial charge in [-0.05, 0) is 41.3 Å². The van der Waals surface area contributed by atoms with E-state index in [0.717, 1.165) is 11.1 Å². The second kappa shape index (κ2) is 9.32. The van der Waals surface area contributed by atoms with E-state index in [1.807, 2.05) is 61.5 Å². The number of halogens is 2. The smallest absolute Gasteiger partial charge is 0.226 e. The summed E-state index contributed by atoms with van der Waals surface area (Å²) in [5.74, 6) is 0. The molecule has 0 bridgehead atoms. The molecule has 0 saturated carbocycles. The summed E-state index contributed by atoms with van der Waals surface area (Å²) in [4.78, 5) is 20.8. The first-order valence-electron chi connectivity index (χ1n) is 6.43. The van der Waals surface area contributed by atoms with Crippen molar-refractivity contribution in [1.82, 2.24) is 0 Å². The van der Waals surface area contributed by atoms with Crippen LogP contribution in [0.2, 0.25) is 0 Å². The van der Waals surface area contributed by atoms with Gasteiger partial charge in [-0.2, -0.15) is 0 Å². The van der Waals surface area contributed by atoms with Crippen LogP contribution in [0.5, 0.6) is 0 Å². The molecule has 2 rings (SSSR count). The summed E-state index contributed by atoms with van der Waals surface area (Å²) in [7, 11) is 0. The topological polar surface area (TPSA) is 34.1 Å². The Balaban J connectivity index is 0.000000211. The molecule has 0 aliphatic heterocycles. The quantitative estimate of drug-likeness (QED) is 0.786. The van der Waals surface area contributed by atoms with E-state index >= 15 is 0 Å². The first kappa shape index (κ1) is 17.4. The molecule has 0 saturated heterocycles. The number of hydrogen-bond acceptors (Lipinski definition) is 2. The average molecular weight is 323 g/mol. The van der Waals surface area contributed by atoms with E-state index < -0.39 is 0 Å². The van der Waals surface area contributed by atoms with Crippen molar-refractivity contribution in [2.45, 2.75) is 19.8 Å². The van der Waals surface area contributed by atoms with Crippen LogP contribution in [-0.4, -0.2) is 10.5 Å². The number of carbonyl (C=O) groups is 2. The van der Waals surface area contributed by atoms with Crippen LogP contribution in [0.15, 0.2) is 54.6 Å². The second-order valence-electron chi connectivity index (χ2n) is 4.53. The van der Waals surface area contributed by atoms with E-state index in [1.54, 1.807) is 0 Å². The molecule has 2 nitrogen and oxygen atoms in total. The highest BCUT2D eigenvalue weighted by Crippen LogP contribution is 2.05. The summed E-state index contributed by atoms with van der Waals surface area (Å²) in [5, 5.41) is -0.625. The van der Waals surface area contributed by atoms with Crippen LogP contribution in [0.25, 0.3) is 0 Å². The number of benzene rings is 2. The van der Waals surface area contributed by atoms with E-state index in [9.17, 15) is 9.59 Å². The minimum atomic E-state index is -0.314. The standard InChI is InChI=1S/C9H9ClO.C8H7ClO/c1-7-2-4-8(5-3-7)6-9(10)11;9-8(10)6-7-4-2-1-3-5-7/h2-5H,6H2,1H3;1-5H,6H2. The van der Waals surface area contributed by atoms with Gasteiger partial charge in [0, 0.05) is 12.8 Å². The van der Waals surface area contributed by atoms with Crippen LogP contribution < -0.4 is 0 Å². The first-order chi connectivity index (χ1) is 9.97. The minimum absolute atomic E-state index is 0.311. The van der Waals surface area contributed by atoms with E-state index in [-0.39, 0.29) is 10.5 Å². The number of aryl methyl sites for hydroxylation is 1. The Morgan fingerprint density at radius 2 is 1.19 bits per heavy atom. The molecular weight excluding hydrogens is 307 g/mol. The second-order valence-corrected chi connectivity index (χ2v) is 5.38. The zero-order valence-electron chi connectivity index (χ0n) is 11.7. The van der Waals surface area contributed by atoms with Gasteiger partial charge in [0.05, 0.1) is 0 Å². The van der Waals surface area contributed by atoms with Crippen LogP contribution in [0.4, 0.5) is 0 Å². The van der Waals surface area contributed by atoms with Gasteiger partial charge in [-0.25, -0.2) is 0 Å². The monoisotopic (exact) mass is 322 g/mol. The molecule has 0 radical (unpaired) electrons. The van der Waals surface area contributed by atoms with Gasteiger partial charge < -0.3 is 0 Å². The summed E-state index contributed by atoms with van der Waals surface area (Å²) < 4.78 is 0.